The highest BCUT2D eigenvalue weighted by molar-refractivity contribution is 8.13. The summed E-state index contributed by atoms with van der Waals surface area (Å²) in [6.45, 7) is 6.64. The highest BCUT2D eigenvalue weighted by Gasteiger charge is 2.09. The van der Waals surface area contributed by atoms with Crippen molar-refractivity contribution in [3.63, 3.8) is 0 Å². The molecule has 0 aromatic heterocycles. The Morgan fingerprint density at radius 2 is 1.93 bits per heavy atom. The van der Waals surface area contributed by atoms with Crippen LogP contribution in [0.2, 0.25) is 0 Å². The van der Waals surface area contributed by atoms with Gasteiger partial charge in [0.2, 0.25) is 0 Å². The summed E-state index contributed by atoms with van der Waals surface area (Å²) in [7, 11) is 0. The van der Waals surface area contributed by atoms with Gasteiger partial charge in [0, 0.05) is 5.75 Å². The fourth-order valence-electron chi connectivity index (χ4n) is 2.18. The van der Waals surface area contributed by atoms with E-state index in [1.807, 2.05) is 50.2 Å². The molecular weight excluding hydrogens is 358 g/mol. The van der Waals surface area contributed by atoms with Crippen LogP contribution < -0.4 is 15.2 Å². The summed E-state index contributed by atoms with van der Waals surface area (Å²) in [6, 6.07) is 15.8. The summed E-state index contributed by atoms with van der Waals surface area (Å²) in [5.74, 6) is 2.21. The third-order valence-electron chi connectivity index (χ3n) is 3.76. The highest BCUT2D eigenvalue weighted by Crippen LogP contribution is 2.29. The van der Waals surface area contributed by atoms with Gasteiger partial charge < -0.3 is 15.2 Å². The van der Waals surface area contributed by atoms with Crippen molar-refractivity contribution in [1.82, 2.24) is 0 Å². The molecule has 0 saturated heterocycles. The Morgan fingerprint density at radius 1 is 1.15 bits per heavy atom. The zero-order chi connectivity index (χ0) is 19.5. The second-order valence-electron chi connectivity index (χ2n) is 5.93. The van der Waals surface area contributed by atoms with E-state index in [2.05, 4.69) is 29.3 Å². The Labute approximate surface area is 165 Å². The van der Waals surface area contributed by atoms with E-state index in [9.17, 15) is 0 Å². The van der Waals surface area contributed by atoms with Gasteiger partial charge in [0.15, 0.2) is 16.7 Å². The van der Waals surface area contributed by atoms with E-state index in [-0.39, 0.29) is 6.10 Å². The molecule has 27 heavy (non-hydrogen) atoms. The van der Waals surface area contributed by atoms with Gasteiger partial charge in [0.25, 0.3) is 0 Å². The molecule has 2 aromatic rings. The molecule has 0 fully saturated rings. The second-order valence-corrected chi connectivity index (χ2v) is 6.93. The minimum atomic E-state index is 0.134. The summed E-state index contributed by atoms with van der Waals surface area (Å²) in [6.07, 6.45) is 2.73. The van der Waals surface area contributed by atoms with E-state index in [4.69, 9.17) is 15.2 Å². The standard InChI is InChI=1S/C21H27N3O2S/c1-4-16(3)26-19-12-11-18(13-20(19)25-5-2)14-23-24-21(22)27-15-17-9-7-6-8-10-17/h6-14,16H,4-5,15H2,1-3H3,(H2,22,24). The van der Waals surface area contributed by atoms with E-state index < -0.39 is 0 Å². The lowest BCUT2D eigenvalue weighted by Gasteiger charge is -2.16. The topological polar surface area (TPSA) is 69.2 Å². The van der Waals surface area contributed by atoms with Gasteiger partial charge in [-0.1, -0.05) is 49.0 Å². The van der Waals surface area contributed by atoms with Crippen molar-refractivity contribution >= 4 is 23.1 Å². The molecule has 144 valence electrons. The lowest BCUT2D eigenvalue weighted by Crippen LogP contribution is -2.11. The first-order chi connectivity index (χ1) is 13.1. The van der Waals surface area contributed by atoms with Crippen LogP contribution in [0.5, 0.6) is 11.5 Å². The zero-order valence-corrected chi connectivity index (χ0v) is 16.9. The van der Waals surface area contributed by atoms with Crippen molar-refractivity contribution in [3.8, 4) is 11.5 Å². The van der Waals surface area contributed by atoms with Crippen LogP contribution in [0, 0.1) is 0 Å². The monoisotopic (exact) mass is 385 g/mol. The van der Waals surface area contributed by atoms with Crippen LogP contribution in [-0.4, -0.2) is 24.1 Å². The largest absolute Gasteiger partial charge is 0.490 e. The number of hydrogen-bond acceptors (Lipinski definition) is 5. The van der Waals surface area contributed by atoms with Gasteiger partial charge >= 0.3 is 0 Å². The number of hydrogen-bond donors (Lipinski definition) is 1. The Hall–Kier alpha value is -2.47. The Balaban J connectivity index is 1.99. The summed E-state index contributed by atoms with van der Waals surface area (Å²) in [5, 5.41) is 8.56. The van der Waals surface area contributed by atoms with Gasteiger partial charge in [-0.05, 0) is 49.6 Å². The predicted octanol–water partition coefficient (Wildman–Crippen LogP) is 4.84. The molecule has 0 aliphatic carbocycles. The molecule has 0 saturated carbocycles. The minimum absolute atomic E-state index is 0.134. The maximum absolute atomic E-state index is 5.91. The quantitative estimate of drug-likeness (QED) is 0.381. The lowest BCUT2D eigenvalue weighted by molar-refractivity contribution is 0.203. The van der Waals surface area contributed by atoms with E-state index in [1.165, 1.54) is 17.3 Å². The van der Waals surface area contributed by atoms with Crippen LogP contribution in [0.15, 0.2) is 58.7 Å². The van der Waals surface area contributed by atoms with Gasteiger partial charge in [-0.25, -0.2) is 0 Å². The molecule has 2 rings (SSSR count). The molecule has 0 radical (unpaired) electrons. The summed E-state index contributed by atoms with van der Waals surface area (Å²) < 4.78 is 11.6. The Bertz CT molecular complexity index is 763. The number of thioether (sulfide) groups is 1. The Morgan fingerprint density at radius 3 is 2.63 bits per heavy atom. The molecule has 5 nitrogen and oxygen atoms in total. The Kier molecular flexibility index (Phi) is 8.71. The van der Waals surface area contributed by atoms with Gasteiger partial charge in [-0.3, -0.25) is 0 Å². The van der Waals surface area contributed by atoms with Crippen molar-refractivity contribution in [3.05, 3.63) is 59.7 Å². The minimum Gasteiger partial charge on any atom is -0.490 e. The summed E-state index contributed by atoms with van der Waals surface area (Å²) in [5.41, 5.74) is 7.98. The van der Waals surface area contributed by atoms with Crippen LogP contribution in [0.3, 0.4) is 0 Å². The molecule has 0 aliphatic rings. The van der Waals surface area contributed by atoms with Crippen molar-refractivity contribution < 1.29 is 9.47 Å². The van der Waals surface area contributed by atoms with Crippen LogP contribution in [0.1, 0.15) is 38.3 Å². The van der Waals surface area contributed by atoms with Crippen molar-refractivity contribution in [2.45, 2.75) is 39.0 Å². The zero-order valence-electron chi connectivity index (χ0n) is 16.1. The smallest absolute Gasteiger partial charge is 0.180 e. The van der Waals surface area contributed by atoms with Gasteiger partial charge in [-0.15, -0.1) is 5.10 Å². The van der Waals surface area contributed by atoms with Crippen LogP contribution in [-0.2, 0) is 5.75 Å². The van der Waals surface area contributed by atoms with E-state index in [0.717, 1.165) is 23.5 Å². The number of nitrogens with two attached hydrogens (primary N) is 1. The number of rotatable bonds is 9. The van der Waals surface area contributed by atoms with E-state index in [0.29, 0.717) is 17.5 Å². The highest BCUT2D eigenvalue weighted by atomic mass is 32.2. The van der Waals surface area contributed by atoms with Gasteiger partial charge in [0.05, 0.1) is 18.9 Å². The number of benzene rings is 2. The third-order valence-corrected chi connectivity index (χ3v) is 4.62. The summed E-state index contributed by atoms with van der Waals surface area (Å²) >= 11 is 1.46. The van der Waals surface area contributed by atoms with E-state index >= 15 is 0 Å². The predicted molar refractivity (Wildman–Crippen MR) is 115 cm³/mol. The van der Waals surface area contributed by atoms with Crippen molar-refractivity contribution in [1.29, 1.82) is 0 Å². The molecule has 1 unspecified atom stereocenters. The fourth-order valence-corrected chi connectivity index (χ4v) is 2.80. The lowest BCUT2D eigenvalue weighted by atomic mass is 10.2. The number of ether oxygens (including phenoxy) is 2. The molecule has 6 heteroatoms. The average molecular weight is 386 g/mol. The normalized spacial score (nSPS) is 12.9. The molecule has 2 N–H and O–H groups in total. The number of nitrogens with zero attached hydrogens (tertiary/aromatic N) is 2. The van der Waals surface area contributed by atoms with Crippen LogP contribution in [0.4, 0.5) is 0 Å². The number of amidine groups is 1. The maximum atomic E-state index is 5.91. The molecule has 1 atom stereocenters. The molecule has 0 bridgehead atoms. The first kappa shape index (κ1) is 20.8. The van der Waals surface area contributed by atoms with Crippen molar-refractivity contribution in [2.75, 3.05) is 6.61 Å². The second kappa shape index (κ2) is 11.3. The SMILES string of the molecule is CCOc1cc(C=NN=C(N)SCc2ccccc2)ccc1OC(C)CC. The average Bonchev–Trinajstić information content (AvgIpc) is 2.69. The first-order valence-corrected chi connectivity index (χ1v) is 10.1. The molecule has 0 aliphatic heterocycles. The van der Waals surface area contributed by atoms with Gasteiger partial charge in [0.1, 0.15) is 0 Å². The third kappa shape index (κ3) is 7.35. The first-order valence-electron chi connectivity index (χ1n) is 9.09. The molecule has 0 heterocycles. The maximum Gasteiger partial charge on any atom is 0.180 e. The van der Waals surface area contributed by atoms with Crippen LogP contribution in [0.25, 0.3) is 0 Å². The van der Waals surface area contributed by atoms with Crippen molar-refractivity contribution in [2.24, 2.45) is 15.9 Å². The molecule has 0 spiro atoms. The molecular formula is C21H27N3O2S. The molecule has 2 aromatic carbocycles. The van der Waals surface area contributed by atoms with Crippen LogP contribution >= 0.6 is 11.8 Å². The van der Waals surface area contributed by atoms with Gasteiger partial charge in [-0.2, -0.15) is 5.10 Å². The fraction of sp³-hybridized carbons (Fsp3) is 0.333. The van der Waals surface area contributed by atoms with E-state index in [1.54, 1.807) is 6.21 Å². The molecule has 0 amide bonds. The summed E-state index contributed by atoms with van der Waals surface area (Å²) in [4.78, 5) is 0.